The SMILES string of the molecule is C=C(C)CC(CCCCCCCC)(CCC[Si](C)(C)C)C(=O)Cl. The third-order valence-corrected chi connectivity index (χ3v) is 6.90. The van der Waals surface area contributed by atoms with Gasteiger partial charge in [-0.2, -0.15) is 0 Å². The lowest BCUT2D eigenvalue weighted by molar-refractivity contribution is -0.121. The predicted octanol–water partition coefficient (Wildman–Crippen LogP) is 7.57. The van der Waals surface area contributed by atoms with E-state index in [1.165, 1.54) is 38.1 Å². The van der Waals surface area contributed by atoms with Crippen molar-refractivity contribution >= 4 is 24.9 Å². The molecule has 0 spiro atoms. The highest BCUT2D eigenvalue weighted by atomic mass is 35.5. The van der Waals surface area contributed by atoms with E-state index in [2.05, 4.69) is 33.1 Å². The van der Waals surface area contributed by atoms with Crippen LogP contribution in [-0.2, 0) is 4.79 Å². The Bertz CT molecular complexity index is 359. The lowest BCUT2D eigenvalue weighted by Gasteiger charge is -2.31. The number of rotatable bonds is 14. The van der Waals surface area contributed by atoms with Crippen LogP contribution in [-0.4, -0.2) is 13.3 Å². The number of allylic oxidation sites excluding steroid dienone is 1. The van der Waals surface area contributed by atoms with Gasteiger partial charge in [0.1, 0.15) is 0 Å². The Labute approximate surface area is 151 Å². The van der Waals surface area contributed by atoms with Crippen molar-refractivity contribution in [3.05, 3.63) is 12.2 Å². The van der Waals surface area contributed by atoms with E-state index in [9.17, 15) is 4.79 Å². The second-order valence-corrected chi connectivity index (χ2v) is 14.6. The van der Waals surface area contributed by atoms with Crippen LogP contribution in [0.1, 0.15) is 78.1 Å². The van der Waals surface area contributed by atoms with Gasteiger partial charge in [-0.25, -0.2) is 0 Å². The maximum atomic E-state index is 12.3. The molecule has 0 heterocycles. The smallest absolute Gasteiger partial charge is 0.228 e. The van der Waals surface area contributed by atoms with Gasteiger partial charge in [0.05, 0.1) is 0 Å². The second kappa shape index (κ2) is 11.5. The molecule has 0 rings (SSSR count). The van der Waals surface area contributed by atoms with E-state index in [0.717, 1.165) is 37.7 Å². The molecule has 3 heteroatoms. The van der Waals surface area contributed by atoms with E-state index in [-0.39, 0.29) is 10.7 Å². The summed E-state index contributed by atoms with van der Waals surface area (Å²) in [6.45, 7) is 15.5. The third kappa shape index (κ3) is 11.2. The Hall–Kier alpha value is -0.0831. The molecule has 1 nitrogen and oxygen atoms in total. The fourth-order valence-corrected chi connectivity index (χ4v) is 4.84. The zero-order valence-electron chi connectivity index (χ0n) is 16.3. The van der Waals surface area contributed by atoms with E-state index in [4.69, 9.17) is 11.6 Å². The largest absolute Gasteiger partial charge is 0.281 e. The van der Waals surface area contributed by atoms with E-state index in [1.54, 1.807) is 0 Å². The van der Waals surface area contributed by atoms with Crippen molar-refractivity contribution in [2.45, 2.75) is 104 Å². The van der Waals surface area contributed by atoms with Crippen molar-refractivity contribution < 1.29 is 4.79 Å². The van der Waals surface area contributed by atoms with E-state index in [1.807, 2.05) is 6.92 Å². The average Bonchev–Trinajstić information content (AvgIpc) is 2.40. The minimum atomic E-state index is -1.06. The maximum Gasteiger partial charge on any atom is 0.228 e. The first-order valence-electron chi connectivity index (χ1n) is 9.47. The Morgan fingerprint density at radius 1 is 1.00 bits per heavy atom. The van der Waals surface area contributed by atoms with Crippen LogP contribution in [0.2, 0.25) is 25.7 Å². The zero-order valence-corrected chi connectivity index (χ0v) is 18.0. The van der Waals surface area contributed by atoms with Crippen molar-refractivity contribution in [1.82, 2.24) is 0 Å². The number of unbranched alkanes of at least 4 members (excludes halogenated alkanes) is 5. The van der Waals surface area contributed by atoms with Crippen LogP contribution in [0.25, 0.3) is 0 Å². The average molecular weight is 359 g/mol. The number of carbonyl (C=O) groups is 1. The summed E-state index contributed by atoms with van der Waals surface area (Å²) in [6, 6.07) is 1.27. The number of hydrogen-bond donors (Lipinski definition) is 0. The third-order valence-electron chi connectivity index (χ3n) is 4.65. The van der Waals surface area contributed by atoms with Crippen LogP contribution in [0.5, 0.6) is 0 Å². The molecule has 0 N–H and O–H groups in total. The Balaban J connectivity index is 4.63. The quantitative estimate of drug-likeness (QED) is 0.135. The van der Waals surface area contributed by atoms with Gasteiger partial charge in [-0.1, -0.05) is 83.1 Å². The normalized spacial score (nSPS) is 14.5. The van der Waals surface area contributed by atoms with Crippen LogP contribution in [0.15, 0.2) is 12.2 Å². The first-order chi connectivity index (χ1) is 10.6. The van der Waals surface area contributed by atoms with Gasteiger partial charge in [0.25, 0.3) is 0 Å². The molecular weight excluding hydrogens is 320 g/mol. The summed E-state index contributed by atoms with van der Waals surface area (Å²) in [7, 11) is -1.06. The second-order valence-electron chi connectivity index (χ2n) is 8.62. The van der Waals surface area contributed by atoms with Crippen molar-refractivity contribution in [2.75, 3.05) is 0 Å². The van der Waals surface area contributed by atoms with Gasteiger partial charge < -0.3 is 0 Å². The summed E-state index contributed by atoms with van der Waals surface area (Å²) in [5.41, 5.74) is 0.718. The summed E-state index contributed by atoms with van der Waals surface area (Å²) < 4.78 is 0. The lowest BCUT2D eigenvalue weighted by Crippen LogP contribution is -2.29. The summed E-state index contributed by atoms with van der Waals surface area (Å²) in [4.78, 5) is 12.3. The molecule has 0 aromatic carbocycles. The van der Waals surface area contributed by atoms with E-state index < -0.39 is 8.07 Å². The van der Waals surface area contributed by atoms with Crippen molar-refractivity contribution in [1.29, 1.82) is 0 Å². The molecule has 0 aliphatic rings. The molecule has 1 unspecified atom stereocenters. The highest BCUT2D eigenvalue weighted by Gasteiger charge is 2.36. The molecule has 0 aliphatic heterocycles. The molecule has 0 radical (unpaired) electrons. The first kappa shape index (κ1) is 22.9. The molecule has 23 heavy (non-hydrogen) atoms. The van der Waals surface area contributed by atoms with Gasteiger partial charge >= 0.3 is 0 Å². The van der Waals surface area contributed by atoms with E-state index >= 15 is 0 Å². The molecule has 0 aliphatic carbocycles. The molecule has 1 atom stereocenters. The fraction of sp³-hybridized carbons (Fsp3) is 0.850. The summed E-state index contributed by atoms with van der Waals surface area (Å²) in [5.74, 6) is 0. The fourth-order valence-electron chi connectivity index (χ4n) is 3.35. The topological polar surface area (TPSA) is 17.1 Å². The van der Waals surface area contributed by atoms with E-state index in [0.29, 0.717) is 0 Å². The van der Waals surface area contributed by atoms with Gasteiger partial charge in [-0.3, -0.25) is 4.79 Å². The Morgan fingerprint density at radius 2 is 1.52 bits per heavy atom. The molecule has 0 aromatic heterocycles. The standard InChI is InChI=1S/C20H39ClOSi/c1-7-8-9-10-11-12-14-20(19(21)22,17-18(2)3)15-13-16-23(4,5)6/h2,7-17H2,1,3-6H3. The number of hydrogen-bond acceptors (Lipinski definition) is 1. The Morgan fingerprint density at radius 3 is 2.00 bits per heavy atom. The van der Waals surface area contributed by atoms with Crippen molar-refractivity contribution in [3.8, 4) is 0 Å². The van der Waals surface area contributed by atoms with Crippen LogP contribution >= 0.6 is 11.6 Å². The molecule has 0 aromatic rings. The lowest BCUT2D eigenvalue weighted by atomic mass is 9.75. The minimum absolute atomic E-state index is 0.135. The molecule has 0 fully saturated rings. The maximum absolute atomic E-state index is 12.3. The van der Waals surface area contributed by atoms with Crippen molar-refractivity contribution in [3.63, 3.8) is 0 Å². The molecule has 0 bridgehead atoms. The van der Waals surface area contributed by atoms with Crippen LogP contribution in [0, 0.1) is 5.41 Å². The van der Waals surface area contributed by atoms with Gasteiger partial charge in [-0.15, -0.1) is 6.58 Å². The summed E-state index contributed by atoms with van der Waals surface area (Å²) >= 11 is 6.09. The summed E-state index contributed by atoms with van der Waals surface area (Å²) in [5, 5.41) is -0.135. The number of halogens is 1. The molecule has 136 valence electrons. The van der Waals surface area contributed by atoms with Gasteiger partial charge in [0, 0.05) is 13.5 Å². The van der Waals surface area contributed by atoms with Gasteiger partial charge in [-0.05, 0) is 37.8 Å². The highest BCUT2D eigenvalue weighted by Crippen LogP contribution is 2.40. The molecule has 0 amide bonds. The Kier molecular flexibility index (Phi) is 11.4. The predicted molar refractivity (Wildman–Crippen MR) is 108 cm³/mol. The van der Waals surface area contributed by atoms with Crippen LogP contribution < -0.4 is 0 Å². The van der Waals surface area contributed by atoms with Crippen molar-refractivity contribution in [2.24, 2.45) is 5.41 Å². The highest BCUT2D eigenvalue weighted by molar-refractivity contribution is 6.76. The molecule has 0 saturated carbocycles. The summed E-state index contributed by atoms with van der Waals surface area (Å²) in [6.07, 6.45) is 11.3. The number of carbonyl (C=O) groups excluding carboxylic acids is 1. The zero-order chi connectivity index (χ0) is 17.9. The first-order valence-corrected chi connectivity index (χ1v) is 13.6. The van der Waals surface area contributed by atoms with Gasteiger partial charge in [0.2, 0.25) is 5.24 Å². The monoisotopic (exact) mass is 358 g/mol. The minimum Gasteiger partial charge on any atom is -0.281 e. The van der Waals surface area contributed by atoms with Crippen LogP contribution in [0.4, 0.5) is 0 Å². The molecule has 0 saturated heterocycles. The van der Waals surface area contributed by atoms with Gasteiger partial charge in [0.15, 0.2) is 0 Å². The van der Waals surface area contributed by atoms with Crippen LogP contribution in [0.3, 0.4) is 0 Å². The molecular formula is C20H39ClOSi.